The van der Waals surface area contributed by atoms with E-state index in [-0.39, 0.29) is 0 Å². The van der Waals surface area contributed by atoms with Gasteiger partial charge in [0.1, 0.15) is 10.7 Å². The molecule has 152 valence electrons. The second-order valence-electron chi connectivity index (χ2n) is 7.66. The van der Waals surface area contributed by atoms with E-state index in [2.05, 4.69) is 20.3 Å². The van der Waals surface area contributed by atoms with E-state index in [1.54, 1.807) is 16.1 Å². The van der Waals surface area contributed by atoms with E-state index < -0.39 is 0 Å². The van der Waals surface area contributed by atoms with E-state index in [1.165, 1.54) is 16.9 Å². The Kier molecular flexibility index (Phi) is 4.51. The number of aryl methyl sites for hydroxylation is 2. The highest BCUT2D eigenvalue weighted by Crippen LogP contribution is 2.38. The van der Waals surface area contributed by atoms with Crippen molar-refractivity contribution in [2.24, 2.45) is 0 Å². The van der Waals surface area contributed by atoms with Crippen LogP contribution in [0.1, 0.15) is 22.7 Å². The van der Waals surface area contributed by atoms with Crippen LogP contribution in [-0.4, -0.2) is 61.4 Å². The van der Waals surface area contributed by atoms with E-state index in [1.807, 2.05) is 30.3 Å². The molecule has 1 aromatic carbocycles. The van der Waals surface area contributed by atoms with Gasteiger partial charge in [-0.1, -0.05) is 30.3 Å². The van der Waals surface area contributed by atoms with Crippen LogP contribution in [0.4, 0.5) is 0 Å². The van der Waals surface area contributed by atoms with Crippen LogP contribution in [0.3, 0.4) is 0 Å². The topological polar surface area (TPSA) is 81.9 Å². The summed E-state index contributed by atoms with van der Waals surface area (Å²) in [5.74, 6) is 2.15. The van der Waals surface area contributed by atoms with Crippen LogP contribution in [0.5, 0.6) is 0 Å². The van der Waals surface area contributed by atoms with Crippen molar-refractivity contribution >= 4 is 21.6 Å². The van der Waals surface area contributed by atoms with Crippen LogP contribution in [0.2, 0.25) is 0 Å². The molecule has 0 amide bonds. The van der Waals surface area contributed by atoms with E-state index in [0.29, 0.717) is 12.4 Å². The zero-order chi connectivity index (χ0) is 19.9. The third-order valence-corrected chi connectivity index (χ3v) is 6.88. The largest absolute Gasteiger partial charge is 0.379 e. The summed E-state index contributed by atoms with van der Waals surface area (Å²) in [6, 6.07) is 9.91. The monoisotopic (exact) mass is 419 g/mol. The molecule has 0 atom stereocenters. The van der Waals surface area contributed by atoms with Gasteiger partial charge in [0, 0.05) is 23.5 Å². The van der Waals surface area contributed by atoms with Gasteiger partial charge in [-0.3, -0.25) is 4.90 Å². The fourth-order valence-electron chi connectivity index (χ4n) is 4.20. The summed E-state index contributed by atoms with van der Waals surface area (Å²) in [4.78, 5) is 16.2. The quantitative estimate of drug-likeness (QED) is 0.503. The van der Waals surface area contributed by atoms with Crippen molar-refractivity contribution in [1.82, 2.24) is 35.1 Å². The molecule has 0 radical (unpaired) electrons. The molecule has 0 N–H and O–H groups in total. The van der Waals surface area contributed by atoms with E-state index in [4.69, 9.17) is 14.7 Å². The number of rotatable bonds is 4. The van der Waals surface area contributed by atoms with E-state index in [9.17, 15) is 0 Å². The summed E-state index contributed by atoms with van der Waals surface area (Å²) in [6.07, 6.45) is 3.37. The third-order valence-electron chi connectivity index (χ3n) is 5.70. The van der Waals surface area contributed by atoms with Crippen LogP contribution >= 0.6 is 11.3 Å². The third kappa shape index (κ3) is 3.19. The predicted octanol–water partition coefficient (Wildman–Crippen LogP) is 2.65. The first-order chi connectivity index (χ1) is 14.8. The minimum absolute atomic E-state index is 0.601. The Morgan fingerprint density at radius 3 is 2.77 bits per heavy atom. The highest BCUT2D eigenvalue weighted by atomic mass is 32.1. The Hall–Kier alpha value is -2.75. The number of morpholine rings is 1. The normalized spacial score (nSPS) is 16.9. The smallest absolute Gasteiger partial charge is 0.205 e. The Morgan fingerprint density at radius 2 is 1.90 bits per heavy atom. The Bertz CT molecular complexity index is 1200. The van der Waals surface area contributed by atoms with Crippen LogP contribution in [-0.2, 0) is 24.1 Å². The van der Waals surface area contributed by atoms with E-state index >= 15 is 0 Å². The van der Waals surface area contributed by atoms with Crippen molar-refractivity contribution < 1.29 is 4.74 Å². The average molecular weight is 420 g/mol. The number of hydrogen-bond donors (Lipinski definition) is 0. The first-order valence-electron chi connectivity index (χ1n) is 10.3. The predicted molar refractivity (Wildman–Crippen MR) is 114 cm³/mol. The molecule has 1 aliphatic carbocycles. The van der Waals surface area contributed by atoms with Crippen LogP contribution in [0.25, 0.3) is 27.4 Å². The number of ether oxygens (including phenoxy) is 1. The lowest BCUT2D eigenvalue weighted by Gasteiger charge is -2.25. The lowest BCUT2D eigenvalue weighted by molar-refractivity contribution is 0.0331. The molecule has 3 aromatic heterocycles. The number of hydrogen-bond acceptors (Lipinski definition) is 8. The minimum Gasteiger partial charge on any atom is -0.379 e. The maximum Gasteiger partial charge on any atom is 0.205 e. The van der Waals surface area contributed by atoms with Gasteiger partial charge in [0.25, 0.3) is 0 Å². The Morgan fingerprint density at radius 1 is 1.03 bits per heavy atom. The number of aromatic nitrogens is 6. The second-order valence-corrected chi connectivity index (χ2v) is 8.74. The molecule has 8 nitrogen and oxygen atoms in total. The fraction of sp³-hybridized carbons (Fsp3) is 0.381. The highest BCUT2D eigenvalue weighted by Gasteiger charge is 2.25. The summed E-state index contributed by atoms with van der Waals surface area (Å²) in [7, 11) is 0. The van der Waals surface area contributed by atoms with Crippen molar-refractivity contribution in [2.75, 3.05) is 26.3 Å². The number of fused-ring (bicyclic) bond motifs is 3. The molecule has 1 fully saturated rings. The van der Waals surface area contributed by atoms with Crippen molar-refractivity contribution in [3.8, 4) is 17.2 Å². The second kappa shape index (κ2) is 7.50. The van der Waals surface area contributed by atoms with Gasteiger partial charge < -0.3 is 4.74 Å². The molecule has 0 spiro atoms. The molecule has 9 heteroatoms. The molecule has 4 heterocycles. The summed E-state index contributed by atoms with van der Waals surface area (Å²) in [5.41, 5.74) is 2.31. The average Bonchev–Trinajstić information content (AvgIpc) is 3.51. The fourth-order valence-corrected chi connectivity index (χ4v) is 5.48. The molecule has 2 aliphatic rings. The molecule has 30 heavy (non-hydrogen) atoms. The van der Waals surface area contributed by atoms with Gasteiger partial charge in [0.05, 0.1) is 25.1 Å². The van der Waals surface area contributed by atoms with Gasteiger partial charge in [0.15, 0.2) is 5.82 Å². The Labute approximate surface area is 177 Å². The Balaban J connectivity index is 1.45. The van der Waals surface area contributed by atoms with Crippen LogP contribution in [0, 0.1) is 0 Å². The van der Waals surface area contributed by atoms with Crippen LogP contribution in [0.15, 0.2) is 30.3 Å². The molecule has 1 aliphatic heterocycles. The standard InChI is InChI=1S/C21H21N7OS/c1-2-5-14(6-3-1)19-24-26-28(25-19)20-18-15-7-4-8-16(15)30-21(18)23-17(22-20)13-27-9-11-29-12-10-27/h1-3,5-6H,4,7-13H2. The molecule has 0 bridgehead atoms. The number of nitrogens with zero attached hydrogens (tertiary/aromatic N) is 7. The first-order valence-corrected chi connectivity index (χ1v) is 11.1. The zero-order valence-corrected chi connectivity index (χ0v) is 17.3. The zero-order valence-electron chi connectivity index (χ0n) is 16.5. The molecular weight excluding hydrogens is 398 g/mol. The SMILES string of the molecule is c1ccc(-c2nnn(-c3nc(CN4CCOCC4)nc4sc5c(c34)CCC5)n2)cc1. The van der Waals surface area contributed by atoms with Gasteiger partial charge in [-0.15, -0.1) is 26.3 Å². The van der Waals surface area contributed by atoms with Gasteiger partial charge in [-0.05, 0) is 30.0 Å². The first kappa shape index (κ1) is 18.1. The molecule has 0 saturated carbocycles. The lowest BCUT2D eigenvalue weighted by Crippen LogP contribution is -2.36. The van der Waals surface area contributed by atoms with Crippen molar-refractivity contribution in [3.63, 3.8) is 0 Å². The minimum atomic E-state index is 0.601. The summed E-state index contributed by atoms with van der Waals surface area (Å²) in [6.45, 7) is 4.02. The van der Waals surface area contributed by atoms with Crippen molar-refractivity contribution in [3.05, 3.63) is 46.6 Å². The van der Waals surface area contributed by atoms with Gasteiger partial charge in [-0.2, -0.15) is 0 Å². The molecule has 1 saturated heterocycles. The molecule has 6 rings (SSSR count). The maximum atomic E-state index is 5.47. The lowest BCUT2D eigenvalue weighted by atomic mass is 10.2. The van der Waals surface area contributed by atoms with Gasteiger partial charge in [-0.25, -0.2) is 9.97 Å². The van der Waals surface area contributed by atoms with E-state index in [0.717, 1.165) is 66.6 Å². The van der Waals surface area contributed by atoms with Crippen molar-refractivity contribution in [1.29, 1.82) is 0 Å². The number of tetrazole rings is 1. The highest BCUT2D eigenvalue weighted by molar-refractivity contribution is 7.19. The maximum absolute atomic E-state index is 5.47. The number of benzene rings is 1. The van der Waals surface area contributed by atoms with Crippen molar-refractivity contribution in [2.45, 2.75) is 25.8 Å². The van der Waals surface area contributed by atoms with Crippen LogP contribution < -0.4 is 0 Å². The van der Waals surface area contributed by atoms with Gasteiger partial charge >= 0.3 is 0 Å². The molecule has 4 aromatic rings. The number of thiophene rings is 1. The van der Waals surface area contributed by atoms with Gasteiger partial charge in [0.2, 0.25) is 5.82 Å². The summed E-state index contributed by atoms with van der Waals surface area (Å²) >= 11 is 1.79. The summed E-state index contributed by atoms with van der Waals surface area (Å²) < 4.78 is 5.47. The summed E-state index contributed by atoms with van der Waals surface area (Å²) in [5, 5.41) is 14.4. The molecule has 0 unspecified atom stereocenters. The molecular formula is C21H21N7OS.